The van der Waals surface area contributed by atoms with Crippen LogP contribution in [0.2, 0.25) is 5.02 Å². The minimum atomic E-state index is 0.197. The summed E-state index contributed by atoms with van der Waals surface area (Å²) in [6, 6.07) is 14.3. The Labute approximate surface area is 139 Å². The average Bonchev–Trinajstić information content (AvgIpc) is 2.49. The van der Waals surface area contributed by atoms with E-state index in [0.717, 1.165) is 28.9 Å². The Balaban J connectivity index is 2.02. The SMILES string of the molecule is CCCOc1ccc(C(C)Nc2ccc(Br)c(Cl)c2)cc1. The van der Waals surface area contributed by atoms with Crippen molar-refractivity contribution in [1.82, 2.24) is 0 Å². The molecule has 0 amide bonds. The third kappa shape index (κ3) is 4.65. The van der Waals surface area contributed by atoms with Gasteiger partial charge in [-0.1, -0.05) is 30.7 Å². The molecule has 0 aliphatic heterocycles. The number of halogens is 2. The normalized spacial score (nSPS) is 12.0. The van der Waals surface area contributed by atoms with Crippen LogP contribution in [-0.4, -0.2) is 6.61 Å². The zero-order valence-electron chi connectivity index (χ0n) is 12.2. The Morgan fingerprint density at radius 3 is 2.52 bits per heavy atom. The Morgan fingerprint density at radius 1 is 1.19 bits per heavy atom. The maximum absolute atomic E-state index is 6.11. The maximum Gasteiger partial charge on any atom is 0.119 e. The molecule has 1 unspecified atom stereocenters. The summed E-state index contributed by atoms with van der Waals surface area (Å²) in [6.07, 6.45) is 1.02. The lowest BCUT2D eigenvalue weighted by atomic mass is 10.1. The first-order valence-electron chi connectivity index (χ1n) is 7.04. The Kier molecular flexibility index (Phi) is 5.95. The number of hydrogen-bond acceptors (Lipinski definition) is 2. The van der Waals surface area contributed by atoms with Crippen molar-refractivity contribution >= 4 is 33.2 Å². The van der Waals surface area contributed by atoms with Gasteiger partial charge in [0.05, 0.1) is 11.6 Å². The van der Waals surface area contributed by atoms with Crippen LogP contribution in [0.4, 0.5) is 5.69 Å². The predicted molar refractivity (Wildman–Crippen MR) is 93.4 cm³/mol. The molecule has 2 nitrogen and oxygen atoms in total. The summed E-state index contributed by atoms with van der Waals surface area (Å²) >= 11 is 9.50. The van der Waals surface area contributed by atoms with Gasteiger partial charge < -0.3 is 10.1 Å². The van der Waals surface area contributed by atoms with Gasteiger partial charge in [0.15, 0.2) is 0 Å². The van der Waals surface area contributed by atoms with Crippen molar-refractivity contribution in [2.45, 2.75) is 26.3 Å². The first-order chi connectivity index (χ1) is 10.1. The molecule has 1 N–H and O–H groups in total. The van der Waals surface area contributed by atoms with E-state index in [1.165, 1.54) is 5.56 Å². The van der Waals surface area contributed by atoms with Crippen LogP contribution in [0.25, 0.3) is 0 Å². The second-order valence-corrected chi connectivity index (χ2v) is 6.17. The zero-order chi connectivity index (χ0) is 15.2. The molecular weight excluding hydrogens is 350 g/mol. The molecule has 0 heterocycles. The van der Waals surface area contributed by atoms with E-state index in [1.807, 2.05) is 30.3 Å². The lowest BCUT2D eigenvalue weighted by Gasteiger charge is -2.16. The molecule has 2 aromatic carbocycles. The summed E-state index contributed by atoms with van der Waals surface area (Å²) in [5.74, 6) is 0.916. The van der Waals surface area contributed by atoms with E-state index in [4.69, 9.17) is 16.3 Å². The lowest BCUT2D eigenvalue weighted by molar-refractivity contribution is 0.317. The molecule has 0 radical (unpaired) electrons. The molecule has 1 atom stereocenters. The molecule has 0 bridgehead atoms. The molecular formula is C17H19BrClNO. The van der Waals surface area contributed by atoms with Crippen LogP contribution in [-0.2, 0) is 0 Å². The quantitative estimate of drug-likeness (QED) is 0.668. The van der Waals surface area contributed by atoms with Crippen molar-refractivity contribution in [2.24, 2.45) is 0 Å². The summed E-state index contributed by atoms with van der Waals surface area (Å²) in [6.45, 7) is 4.98. The van der Waals surface area contributed by atoms with Crippen LogP contribution in [0.15, 0.2) is 46.9 Å². The van der Waals surface area contributed by atoms with E-state index in [9.17, 15) is 0 Å². The van der Waals surface area contributed by atoms with Gasteiger partial charge in [0.1, 0.15) is 5.75 Å². The van der Waals surface area contributed by atoms with Crippen molar-refractivity contribution in [3.05, 3.63) is 57.5 Å². The van der Waals surface area contributed by atoms with Gasteiger partial charge in [0.25, 0.3) is 0 Å². The Hall–Kier alpha value is -1.19. The highest BCUT2D eigenvalue weighted by Crippen LogP contribution is 2.28. The molecule has 21 heavy (non-hydrogen) atoms. The molecule has 0 aromatic heterocycles. The van der Waals surface area contributed by atoms with Gasteiger partial charge in [0.2, 0.25) is 0 Å². The largest absolute Gasteiger partial charge is 0.494 e. The van der Waals surface area contributed by atoms with Crippen LogP contribution in [0.3, 0.4) is 0 Å². The number of rotatable bonds is 6. The highest BCUT2D eigenvalue weighted by atomic mass is 79.9. The monoisotopic (exact) mass is 367 g/mol. The van der Waals surface area contributed by atoms with E-state index in [1.54, 1.807) is 0 Å². The topological polar surface area (TPSA) is 21.3 Å². The van der Waals surface area contributed by atoms with Gasteiger partial charge in [-0.15, -0.1) is 0 Å². The fourth-order valence-corrected chi connectivity index (χ4v) is 2.42. The fraction of sp³-hybridized carbons (Fsp3) is 0.294. The van der Waals surface area contributed by atoms with Crippen molar-refractivity contribution in [1.29, 1.82) is 0 Å². The summed E-state index contributed by atoms with van der Waals surface area (Å²) in [5, 5.41) is 4.15. The molecule has 0 saturated heterocycles. The van der Waals surface area contributed by atoms with E-state index in [-0.39, 0.29) is 6.04 Å². The van der Waals surface area contributed by atoms with Gasteiger partial charge in [-0.3, -0.25) is 0 Å². The molecule has 0 spiro atoms. The van der Waals surface area contributed by atoms with Gasteiger partial charge in [0, 0.05) is 16.2 Å². The van der Waals surface area contributed by atoms with Crippen LogP contribution in [0, 0.1) is 0 Å². The average molecular weight is 369 g/mol. The number of ether oxygens (including phenoxy) is 1. The molecule has 0 fully saturated rings. The van der Waals surface area contributed by atoms with E-state index in [2.05, 4.69) is 47.2 Å². The summed E-state index contributed by atoms with van der Waals surface area (Å²) in [7, 11) is 0. The summed E-state index contributed by atoms with van der Waals surface area (Å²) < 4.78 is 6.50. The van der Waals surface area contributed by atoms with E-state index < -0.39 is 0 Å². The second-order valence-electron chi connectivity index (χ2n) is 4.91. The van der Waals surface area contributed by atoms with Gasteiger partial charge in [-0.2, -0.15) is 0 Å². The minimum absolute atomic E-state index is 0.197. The number of hydrogen-bond donors (Lipinski definition) is 1. The smallest absolute Gasteiger partial charge is 0.119 e. The summed E-state index contributed by atoms with van der Waals surface area (Å²) in [4.78, 5) is 0. The Morgan fingerprint density at radius 2 is 1.90 bits per heavy atom. The van der Waals surface area contributed by atoms with Crippen LogP contribution >= 0.6 is 27.5 Å². The van der Waals surface area contributed by atoms with Crippen molar-refractivity contribution in [3.8, 4) is 5.75 Å². The highest BCUT2D eigenvalue weighted by molar-refractivity contribution is 9.10. The number of nitrogens with one attached hydrogen (secondary N) is 1. The van der Waals surface area contributed by atoms with Crippen LogP contribution in [0.1, 0.15) is 31.9 Å². The second kappa shape index (κ2) is 7.71. The molecule has 112 valence electrons. The third-order valence-electron chi connectivity index (χ3n) is 3.16. The number of benzene rings is 2. The standard InChI is InChI=1S/C17H19BrClNO/c1-3-10-21-15-7-4-13(5-8-15)12(2)20-14-6-9-16(18)17(19)11-14/h4-9,11-12,20H,3,10H2,1-2H3. The van der Waals surface area contributed by atoms with Crippen LogP contribution in [0.5, 0.6) is 5.75 Å². The third-order valence-corrected chi connectivity index (χ3v) is 4.39. The van der Waals surface area contributed by atoms with Crippen molar-refractivity contribution in [2.75, 3.05) is 11.9 Å². The minimum Gasteiger partial charge on any atom is -0.494 e. The van der Waals surface area contributed by atoms with Gasteiger partial charge in [-0.25, -0.2) is 0 Å². The van der Waals surface area contributed by atoms with E-state index in [0.29, 0.717) is 5.02 Å². The van der Waals surface area contributed by atoms with E-state index >= 15 is 0 Å². The molecule has 0 aliphatic rings. The summed E-state index contributed by atoms with van der Waals surface area (Å²) in [5.41, 5.74) is 2.21. The number of anilines is 1. The van der Waals surface area contributed by atoms with Crippen molar-refractivity contribution < 1.29 is 4.74 Å². The lowest BCUT2D eigenvalue weighted by Crippen LogP contribution is -2.06. The van der Waals surface area contributed by atoms with Crippen molar-refractivity contribution in [3.63, 3.8) is 0 Å². The fourth-order valence-electron chi connectivity index (χ4n) is 1.99. The highest BCUT2D eigenvalue weighted by Gasteiger charge is 2.07. The molecule has 0 saturated carbocycles. The van der Waals surface area contributed by atoms with Gasteiger partial charge >= 0.3 is 0 Å². The molecule has 2 rings (SSSR count). The first kappa shape index (κ1) is 16.2. The predicted octanol–water partition coefficient (Wildman–Crippen LogP) is 6.06. The van der Waals surface area contributed by atoms with Crippen LogP contribution < -0.4 is 10.1 Å². The van der Waals surface area contributed by atoms with Gasteiger partial charge in [-0.05, 0) is 65.2 Å². The zero-order valence-corrected chi connectivity index (χ0v) is 14.5. The Bertz CT molecular complexity index is 586. The molecule has 2 aromatic rings. The maximum atomic E-state index is 6.11. The first-order valence-corrected chi connectivity index (χ1v) is 8.21. The molecule has 4 heteroatoms. The molecule has 0 aliphatic carbocycles.